The summed E-state index contributed by atoms with van der Waals surface area (Å²) in [5.74, 6) is 2.19. The Morgan fingerprint density at radius 3 is 3.16 bits per heavy atom. The third-order valence-electron chi connectivity index (χ3n) is 3.00. The quantitative estimate of drug-likeness (QED) is 0.889. The lowest BCUT2D eigenvalue weighted by Crippen LogP contribution is -2.44. The second-order valence-corrected chi connectivity index (χ2v) is 5.70. The second kappa shape index (κ2) is 7.05. The summed E-state index contributed by atoms with van der Waals surface area (Å²) in [7, 11) is 0. The molecular formula is C14H17N3OS. The first-order chi connectivity index (χ1) is 9.28. The van der Waals surface area contributed by atoms with Crippen molar-refractivity contribution < 1.29 is 4.79 Å². The largest absolute Gasteiger partial charge is 0.335 e. The first-order valence-electron chi connectivity index (χ1n) is 6.39. The van der Waals surface area contributed by atoms with Gasteiger partial charge in [-0.25, -0.2) is 4.79 Å². The Bertz CT molecular complexity index is 478. The zero-order valence-electron chi connectivity index (χ0n) is 10.7. The molecule has 1 aromatic carbocycles. The SMILES string of the molecule is N#Cc1cccc(CNC(=O)N[C@@H]2CCCSC2)c1. The highest BCUT2D eigenvalue weighted by molar-refractivity contribution is 7.99. The molecule has 1 aliphatic heterocycles. The van der Waals surface area contributed by atoms with Gasteiger partial charge in [-0.05, 0) is 36.3 Å². The molecule has 0 bridgehead atoms. The summed E-state index contributed by atoms with van der Waals surface area (Å²) in [5, 5.41) is 14.6. The van der Waals surface area contributed by atoms with E-state index in [4.69, 9.17) is 5.26 Å². The van der Waals surface area contributed by atoms with Gasteiger partial charge >= 0.3 is 6.03 Å². The lowest BCUT2D eigenvalue weighted by molar-refractivity contribution is 0.237. The van der Waals surface area contributed by atoms with Gasteiger partial charge in [-0.3, -0.25) is 0 Å². The van der Waals surface area contributed by atoms with Gasteiger partial charge in [0.1, 0.15) is 0 Å². The van der Waals surface area contributed by atoms with E-state index in [9.17, 15) is 4.79 Å². The van der Waals surface area contributed by atoms with E-state index in [1.165, 1.54) is 12.2 Å². The zero-order chi connectivity index (χ0) is 13.5. The van der Waals surface area contributed by atoms with E-state index < -0.39 is 0 Å². The summed E-state index contributed by atoms with van der Waals surface area (Å²) in [6.07, 6.45) is 2.23. The third-order valence-corrected chi connectivity index (χ3v) is 4.22. The van der Waals surface area contributed by atoms with Crippen molar-refractivity contribution >= 4 is 17.8 Å². The first kappa shape index (κ1) is 13.8. The molecule has 0 radical (unpaired) electrons. The van der Waals surface area contributed by atoms with Gasteiger partial charge in [0.05, 0.1) is 11.6 Å². The highest BCUT2D eigenvalue weighted by Gasteiger charge is 2.15. The van der Waals surface area contributed by atoms with Gasteiger partial charge in [0.25, 0.3) is 0 Å². The molecule has 19 heavy (non-hydrogen) atoms. The van der Waals surface area contributed by atoms with Crippen LogP contribution < -0.4 is 10.6 Å². The Balaban J connectivity index is 1.78. The van der Waals surface area contributed by atoms with Gasteiger partial charge in [-0.1, -0.05) is 12.1 Å². The fourth-order valence-corrected chi connectivity index (χ4v) is 3.10. The number of nitrogens with zero attached hydrogens (tertiary/aromatic N) is 1. The molecule has 1 aromatic rings. The van der Waals surface area contributed by atoms with E-state index in [0.717, 1.165) is 17.7 Å². The normalized spacial score (nSPS) is 18.4. The molecule has 2 amide bonds. The monoisotopic (exact) mass is 275 g/mol. The van der Waals surface area contributed by atoms with Crippen molar-refractivity contribution in [2.24, 2.45) is 0 Å². The Morgan fingerprint density at radius 1 is 1.53 bits per heavy atom. The van der Waals surface area contributed by atoms with E-state index in [0.29, 0.717) is 12.1 Å². The van der Waals surface area contributed by atoms with Gasteiger partial charge in [-0.15, -0.1) is 0 Å². The molecule has 100 valence electrons. The van der Waals surface area contributed by atoms with Crippen molar-refractivity contribution in [2.45, 2.75) is 25.4 Å². The standard InChI is InChI=1S/C14H17N3OS/c15-8-11-3-1-4-12(7-11)9-16-14(18)17-13-5-2-6-19-10-13/h1,3-4,7,13H,2,5-6,9-10H2,(H2,16,17,18)/t13-/m1/s1. The lowest BCUT2D eigenvalue weighted by Gasteiger charge is -2.22. The number of carbonyl (C=O) groups excluding carboxylic acids is 1. The third kappa shape index (κ3) is 4.49. The summed E-state index contributed by atoms with van der Waals surface area (Å²) in [6, 6.07) is 9.51. The van der Waals surface area contributed by atoms with Crippen LogP contribution in [0.4, 0.5) is 4.79 Å². The summed E-state index contributed by atoms with van der Waals surface area (Å²) < 4.78 is 0. The van der Waals surface area contributed by atoms with Gasteiger partial charge in [0, 0.05) is 18.3 Å². The van der Waals surface area contributed by atoms with Crippen LogP contribution in [0.25, 0.3) is 0 Å². The summed E-state index contributed by atoms with van der Waals surface area (Å²) in [6.45, 7) is 0.446. The Morgan fingerprint density at radius 2 is 2.42 bits per heavy atom. The zero-order valence-corrected chi connectivity index (χ0v) is 11.5. The minimum Gasteiger partial charge on any atom is -0.335 e. The average Bonchev–Trinajstić information content (AvgIpc) is 2.46. The molecule has 1 heterocycles. The molecular weight excluding hydrogens is 258 g/mol. The van der Waals surface area contributed by atoms with E-state index >= 15 is 0 Å². The van der Waals surface area contributed by atoms with Gasteiger partial charge < -0.3 is 10.6 Å². The smallest absolute Gasteiger partial charge is 0.315 e. The van der Waals surface area contributed by atoms with Crippen molar-refractivity contribution in [3.63, 3.8) is 0 Å². The van der Waals surface area contributed by atoms with Gasteiger partial charge in [-0.2, -0.15) is 17.0 Å². The van der Waals surface area contributed by atoms with Crippen LogP contribution in [-0.2, 0) is 6.54 Å². The van der Waals surface area contributed by atoms with Crippen LogP contribution in [-0.4, -0.2) is 23.6 Å². The Kier molecular flexibility index (Phi) is 5.10. The maximum Gasteiger partial charge on any atom is 0.315 e. The van der Waals surface area contributed by atoms with E-state index in [2.05, 4.69) is 16.7 Å². The summed E-state index contributed by atoms with van der Waals surface area (Å²) >= 11 is 1.89. The van der Waals surface area contributed by atoms with Crippen LogP contribution in [0.2, 0.25) is 0 Å². The number of rotatable bonds is 3. The van der Waals surface area contributed by atoms with E-state index in [1.807, 2.05) is 23.9 Å². The average molecular weight is 275 g/mol. The number of urea groups is 1. The van der Waals surface area contributed by atoms with Crippen molar-refractivity contribution in [1.29, 1.82) is 5.26 Å². The van der Waals surface area contributed by atoms with Crippen LogP contribution in [0, 0.1) is 11.3 Å². The maximum absolute atomic E-state index is 11.7. The number of carbonyl (C=O) groups is 1. The number of hydrogen-bond donors (Lipinski definition) is 2. The van der Waals surface area contributed by atoms with Crippen LogP contribution in [0.3, 0.4) is 0 Å². The molecule has 0 aliphatic carbocycles. The second-order valence-electron chi connectivity index (χ2n) is 4.55. The number of hydrogen-bond acceptors (Lipinski definition) is 3. The minimum absolute atomic E-state index is 0.130. The van der Waals surface area contributed by atoms with Crippen molar-refractivity contribution in [3.8, 4) is 6.07 Å². The highest BCUT2D eigenvalue weighted by atomic mass is 32.2. The number of benzene rings is 1. The summed E-state index contributed by atoms with van der Waals surface area (Å²) in [5.41, 5.74) is 1.55. The molecule has 5 heteroatoms. The van der Waals surface area contributed by atoms with Gasteiger partial charge in [0.15, 0.2) is 0 Å². The molecule has 1 fully saturated rings. The molecule has 1 aliphatic rings. The van der Waals surface area contributed by atoms with Crippen LogP contribution in [0.1, 0.15) is 24.0 Å². The molecule has 1 atom stereocenters. The van der Waals surface area contributed by atoms with Crippen LogP contribution in [0.15, 0.2) is 24.3 Å². The predicted octanol–water partition coefficient (Wildman–Crippen LogP) is 2.25. The number of thioether (sulfide) groups is 1. The fraction of sp³-hybridized carbons (Fsp3) is 0.429. The van der Waals surface area contributed by atoms with E-state index in [1.54, 1.807) is 12.1 Å². The molecule has 0 unspecified atom stereocenters. The molecule has 2 N–H and O–H groups in total. The van der Waals surface area contributed by atoms with Gasteiger partial charge in [0.2, 0.25) is 0 Å². The lowest BCUT2D eigenvalue weighted by atomic mass is 10.1. The number of nitriles is 1. The number of nitrogens with one attached hydrogen (secondary N) is 2. The highest BCUT2D eigenvalue weighted by Crippen LogP contribution is 2.16. The van der Waals surface area contributed by atoms with Crippen molar-refractivity contribution in [3.05, 3.63) is 35.4 Å². The van der Waals surface area contributed by atoms with Crippen molar-refractivity contribution in [1.82, 2.24) is 10.6 Å². The van der Waals surface area contributed by atoms with Crippen molar-refractivity contribution in [2.75, 3.05) is 11.5 Å². The molecule has 0 aromatic heterocycles. The topological polar surface area (TPSA) is 64.9 Å². The predicted molar refractivity (Wildman–Crippen MR) is 76.9 cm³/mol. The fourth-order valence-electron chi connectivity index (χ4n) is 2.02. The summed E-state index contributed by atoms with van der Waals surface area (Å²) in [4.78, 5) is 11.7. The molecule has 0 spiro atoms. The maximum atomic E-state index is 11.7. The van der Waals surface area contributed by atoms with Crippen LogP contribution in [0.5, 0.6) is 0 Å². The number of amides is 2. The van der Waals surface area contributed by atoms with E-state index in [-0.39, 0.29) is 12.1 Å². The molecule has 4 nitrogen and oxygen atoms in total. The molecule has 2 rings (SSSR count). The van der Waals surface area contributed by atoms with Crippen LogP contribution >= 0.6 is 11.8 Å². The molecule has 1 saturated heterocycles. The first-order valence-corrected chi connectivity index (χ1v) is 7.54. The minimum atomic E-state index is -0.130. The Labute approximate surface area is 117 Å². The Hall–Kier alpha value is -1.67. The molecule has 0 saturated carbocycles.